The lowest BCUT2D eigenvalue weighted by Crippen LogP contribution is -2.38. The number of hydrogen-bond donors (Lipinski definition) is 3. The highest BCUT2D eigenvalue weighted by atomic mass is 32.1. The van der Waals surface area contributed by atoms with Gasteiger partial charge >= 0.3 is 6.03 Å². The molecule has 3 rings (SSSR count). The van der Waals surface area contributed by atoms with Gasteiger partial charge in [0.15, 0.2) is 5.13 Å². The Balaban J connectivity index is 1.55. The van der Waals surface area contributed by atoms with Crippen LogP contribution in [0.4, 0.5) is 9.93 Å². The van der Waals surface area contributed by atoms with Crippen LogP contribution in [0.3, 0.4) is 0 Å². The van der Waals surface area contributed by atoms with E-state index >= 15 is 0 Å². The van der Waals surface area contributed by atoms with Crippen molar-refractivity contribution in [1.29, 1.82) is 0 Å². The van der Waals surface area contributed by atoms with Crippen LogP contribution < -0.4 is 16.0 Å². The Kier molecular flexibility index (Phi) is 3.98. The number of rotatable bonds is 2. The van der Waals surface area contributed by atoms with E-state index in [-0.39, 0.29) is 6.03 Å². The summed E-state index contributed by atoms with van der Waals surface area (Å²) in [4.78, 5) is 17.7. The van der Waals surface area contributed by atoms with Gasteiger partial charge in [-0.25, -0.2) is 9.78 Å². The van der Waals surface area contributed by atoms with Crippen LogP contribution in [-0.2, 0) is 13.0 Å². The Bertz CT molecular complexity index is 430. The molecule has 2 heterocycles. The van der Waals surface area contributed by atoms with Gasteiger partial charge < -0.3 is 10.6 Å². The molecular weight excluding hydrogens is 260 g/mol. The smallest absolute Gasteiger partial charge is 0.321 e. The van der Waals surface area contributed by atoms with Crippen molar-refractivity contribution >= 4 is 22.5 Å². The molecule has 1 aliphatic carbocycles. The van der Waals surface area contributed by atoms with E-state index in [1.54, 1.807) is 11.3 Å². The fraction of sp³-hybridized carbons (Fsp3) is 0.692. The van der Waals surface area contributed by atoms with E-state index in [4.69, 9.17) is 0 Å². The number of amides is 2. The number of carbonyl (C=O) groups excluding carboxylic acids is 1. The zero-order valence-corrected chi connectivity index (χ0v) is 11.8. The third-order valence-corrected chi connectivity index (χ3v) is 4.78. The standard InChI is InChI=1S/C13H20N4OS/c18-12(15-9-4-2-1-3-5-9)17-13-16-10-6-7-14-8-11(10)19-13/h9,14H,1-8H2,(H2,15,16,17,18). The molecule has 6 heteroatoms. The van der Waals surface area contributed by atoms with Crippen molar-refractivity contribution in [1.82, 2.24) is 15.6 Å². The summed E-state index contributed by atoms with van der Waals surface area (Å²) >= 11 is 1.58. The molecule has 0 saturated heterocycles. The van der Waals surface area contributed by atoms with Gasteiger partial charge in [-0.05, 0) is 12.8 Å². The van der Waals surface area contributed by atoms with Crippen LogP contribution in [0.1, 0.15) is 42.7 Å². The number of thiazole rings is 1. The summed E-state index contributed by atoms with van der Waals surface area (Å²) in [5, 5.41) is 9.96. The van der Waals surface area contributed by atoms with Gasteiger partial charge in [0.2, 0.25) is 0 Å². The number of urea groups is 1. The molecule has 104 valence electrons. The van der Waals surface area contributed by atoms with Crippen molar-refractivity contribution in [2.45, 2.75) is 51.1 Å². The average molecular weight is 280 g/mol. The molecule has 0 atom stereocenters. The van der Waals surface area contributed by atoms with Crippen molar-refractivity contribution < 1.29 is 4.79 Å². The maximum atomic E-state index is 11.9. The largest absolute Gasteiger partial charge is 0.335 e. The molecular formula is C13H20N4OS. The molecule has 0 bridgehead atoms. The minimum atomic E-state index is -0.106. The number of aromatic nitrogens is 1. The van der Waals surface area contributed by atoms with E-state index in [0.29, 0.717) is 6.04 Å². The van der Waals surface area contributed by atoms with Gasteiger partial charge in [0.05, 0.1) is 5.69 Å². The highest BCUT2D eigenvalue weighted by Crippen LogP contribution is 2.25. The predicted molar refractivity (Wildman–Crippen MR) is 76.6 cm³/mol. The Morgan fingerprint density at radius 2 is 2.16 bits per heavy atom. The Morgan fingerprint density at radius 3 is 2.95 bits per heavy atom. The van der Waals surface area contributed by atoms with Crippen LogP contribution >= 0.6 is 11.3 Å². The first kappa shape index (κ1) is 12.9. The quantitative estimate of drug-likeness (QED) is 0.778. The van der Waals surface area contributed by atoms with E-state index in [1.807, 2.05) is 0 Å². The number of nitrogens with one attached hydrogen (secondary N) is 3. The minimum Gasteiger partial charge on any atom is -0.335 e. The van der Waals surface area contributed by atoms with Gasteiger partial charge in [-0.3, -0.25) is 5.32 Å². The van der Waals surface area contributed by atoms with Crippen molar-refractivity contribution in [3.05, 3.63) is 10.6 Å². The number of fused-ring (bicyclic) bond motifs is 1. The minimum absolute atomic E-state index is 0.106. The highest BCUT2D eigenvalue weighted by Gasteiger charge is 2.18. The summed E-state index contributed by atoms with van der Waals surface area (Å²) in [6.45, 7) is 1.85. The van der Waals surface area contributed by atoms with Crippen LogP contribution in [0, 0.1) is 0 Å². The topological polar surface area (TPSA) is 66.0 Å². The number of carbonyl (C=O) groups is 1. The van der Waals surface area contributed by atoms with Crippen LogP contribution in [0.25, 0.3) is 0 Å². The Labute approximate surface area is 117 Å². The second-order valence-electron chi connectivity index (χ2n) is 5.25. The zero-order valence-electron chi connectivity index (χ0n) is 11.0. The van der Waals surface area contributed by atoms with Gasteiger partial charge in [-0.15, -0.1) is 11.3 Å². The van der Waals surface area contributed by atoms with Crippen LogP contribution in [-0.4, -0.2) is 23.6 Å². The number of anilines is 1. The number of hydrogen-bond acceptors (Lipinski definition) is 4. The summed E-state index contributed by atoms with van der Waals surface area (Å²) in [5.41, 5.74) is 1.14. The molecule has 0 radical (unpaired) electrons. The molecule has 1 aliphatic heterocycles. The lowest BCUT2D eigenvalue weighted by molar-refractivity contribution is 0.244. The number of nitrogens with zero attached hydrogens (tertiary/aromatic N) is 1. The van der Waals surface area contributed by atoms with E-state index in [0.717, 1.165) is 43.2 Å². The molecule has 1 saturated carbocycles. The van der Waals surface area contributed by atoms with Crippen molar-refractivity contribution in [3.8, 4) is 0 Å². The second kappa shape index (κ2) is 5.88. The molecule has 3 N–H and O–H groups in total. The van der Waals surface area contributed by atoms with E-state index in [2.05, 4.69) is 20.9 Å². The second-order valence-corrected chi connectivity index (χ2v) is 6.33. The first-order valence-electron chi connectivity index (χ1n) is 7.08. The maximum absolute atomic E-state index is 11.9. The van der Waals surface area contributed by atoms with Gasteiger partial charge in [0.25, 0.3) is 0 Å². The SMILES string of the molecule is O=C(Nc1nc2c(s1)CNCC2)NC1CCCCC1. The van der Waals surface area contributed by atoms with Crippen LogP contribution in [0.5, 0.6) is 0 Å². The zero-order chi connectivity index (χ0) is 13.1. The highest BCUT2D eigenvalue weighted by molar-refractivity contribution is 7.15. The van der Waals surface area contributed by atoms with Gasteiger partial charge in [0, 0.05) is 30.4 Å². The molecule has 1 aromatic heterocycles. The molecule has 2 aliphatic rings. The van der Waals surface area contributed by atoms with E-state index in [9.17, 15) is 4.79 Å². The fourth-order valence-corrected chi connectivity index (χ4v) is 3.72. The van der Waals surface area contributed by atoms with Crippen molar-refractivity contribution in [3.63, 3.8) is 0 Å². The third-order valence-electron chi connectivity index (χ3n) is 3.76. The van der Waals surface area contributed by atoms with Gasteiger partial charge in [0.1, 0.15) is 0 Å². The lowest BCUT2D eigenvalue weighted by atomic mass is 9.96. The van der Waals surface area contributed by atoms with E-state index < -0.39 is 0 Å². The van der Waals surface area contributed by atoms with Gasteiger partial charge in [-0.2, -0.15) is 0 Å². The molecule has 1 aromatic rings. The van der Waals surface area contributed by atoms with E-state index in [1.165, 1.54) is 24.1 Å². The lowest BCUT2D eigenvalue weighted by Gasteiger charge is -2.22. The predicted octanol–water partition coefficient (Wildman–Crippen LogP) is 2.24. The Hall–Kier alpha value is -1.14. The first-order chi connectivity index (χ1) is 9.31. The molecule has 0 unspecified atom stereocenters. The average Bonchev–Trinajstić information content (AvgIpc) is 2.81. The first-order valence-corrected chi connectivity index (χ1v) is 7.90. The third kappa shape index (κ3) is 3.25. The molecule has 0 spiro atoms. The van der Waals surface area contributed by atoms with Gasteiger partial charge in [-0.1, -0.05) is 19.3 Å². The molecule has 19 heavy (non-hydrogen) atoms. The molecule has 5 nitrogen and oxygen atoms in total. The monoisotopic (exact) mass is 280 g/mol. The summed E-state index contributed by atoms with van der Waals surface area (Å²) < 4.78 is 0. The molecule has 1 fully saturated rings. The summed E-state index contributed by atoms with van der Waals surface area (Å²) in [7, 11) is 0. The summed E-state index contributed by atoms with van der Waals surface area (Å²) in [6.07, 6.45) is 6.91. The van der Waals surface area contributed by atoms with Crippen LogP contribution in [0.15, 0.2) is 0 Å². The van der Waals surface area contributed by atoms with Crippen molar-refractivity contribution in [2.24, 2.45) is 0 Å². The summed E-state index contributed by atoms with van der Waals surface area (Å²) in [5.74, 6) is 0. The Morgan fingerprint density at radius 1 is 1.32 bits per heavy atom. The maximum Gasteiger partial charge on any atom is 0.321 e. The normalized spacial score (nSPS) is 19.8. The van der Waals surface area contributed by atoms with Crippen LogP contribution in [0.2, 0.25) is 0 Å². The summed E-state index contributed by atoms with van der Waals surface area (Å²) in [6, 6.07) is 0.232. The fourth-order valence-electron chi connectivity index (χ4n) is 2.74. The molecule has 2 amide bonds. The molecule has 0 aromatic carbocycles. The van der Waals surface area contributed by atoms with Crippen molar-refractivity contribution in [2.75, 3.05) is 11.9 Å².